The molecule has 2 aromatic carbocycles. The van der Waals surface area contributed by atoms with Crippen molar-refractivity contribution in [2.45, 2.75) is 163 Å². The molecule has 0 aliphatic rings. The fourth-order valence-electron chi connectivity index (χ4n) is 5.61. The number of aliphatic imine (C=N–C) groups is 2. The van der Waals surface area contributed by atoms with Crippen molar-refractivity contribution in [1.82, 2.24) is 0 Å². The van der Waals surface area contributed by atoms with Crippen molar-refractivity contribution >= 4 is 23.3 Å². The van der Waals surface area contributed by atoms with Gasteiger partial charge < -0.3 is 0 Å². The number of benzene rings is 2. The summed E-state index contributed by atoms with van der Waals surface area (Å²) in [5, 5.41) is 0. The van der Waals surface area contributed by atoms with Gasteiger partial charge in [-0.15, -0.1) is 0 Å². The van der Waals surface area contributed by atoms with E-state index in [1.165, 1.54) is 144 Å². The van der Waals surface area contributed by atoms with Crippen LogP contribution in [0.1, 0.15) is 160 Å². The molecule has 0 saturated heterocycles. The number of aryl methyl sites for hydroxylation is 4. The van der Waals surface area contributed by atoms with Crippen LogP contribution in [-0.2, 0) is 46.1 Å². The minimum atomic E-state index is 0. The van der Waals surface area contributed by atoms with Gasteiger partial charge in [0.25, 0.3) is 0 Å². The quantitative estimate of drug-likeness (QED) is 0.0641. The third-order valence-electron chi connectivity index (χ3n) is 8.25. The average Bonchev–Trinajstić information content (AvgIpc) is 2.98. The van der Waals surface area contributed by atoms with E-state index in [1.807, 2.05) is 0 Å². The first kappa shape index (κ1) is 38.5. The Morgan fingerprint density at radius 2 is 0.905 bits per heavy atom. The molecule has 0 N–H and O–H groups in total. The number of hydrogen-bond donors (Lipinski definition) is 0. The van der Waals surface area contributed by atoms with Gasteiger partial charge in [0, 0.05) is 26.6 Å². The monoisotopic (exact) mass is 664 g/mol. The Morgan fingerprint density at radius 3 is 1.38 bits per heavy atom. The van der Waals surface area contributed by atoms with Crippen molar-refractivity contribution in [3.8, 4) is 0 Å². The van der Waals surface area contributed by atoms with Gasteiger partial charge in [0.2, 0.25) is 0 Å². The normalized spacial score (nSPS) is 11.8. The third-order valence-corrected chi connectivity index (χ3v) is 8.25. The number of hydrogen-bond acceptors (Lipinski definition) is 2. The summed E-state index contributed by atoms with van der Waals surface area (Å²) in [5.74, 6) is 0. The smallest absolute Gasteiger partial charge is 0.0636 e. The summed E-state index contributed by atoms with van der Waals surface area (Å²) in [7, 11) is 0. The summed E-state index contributed by atoms with van der Waals surface area (Å²) < 4.78 is 0. The molecule has 0 saturated carbocycles. The van der Waals surface area contributed by atoms with Crippen LogP contribution in [0.25, 0.3) is 0 Å². The molecule has 0 aliphatic heterocycles. The molecule has 0 amide bonds. The van der Waals surface area contributed by atoms with Crippen LogP contribution >= 0.6 is 0 Å². The molecule has 2 rings (SSSR count). The summed E-state index contributed by atoms with van der Waals surface area (Å²) in [6.45, 7) is 11.4. The minimum Gasteiger partial charge on any atom is -0.255 e. The maximum absolute atomic E-state index is 5.19. The Balaban J connectivity index is 0.00000882. The second kappa shape index (κ2) is 24.8. The maximum atomic E-state index is 5.19. The Bertz CT molecular complexity index is 1020. The zero-order valence-corrected chi connectivity index (χ0v) is 29.4. The van der Waals surface area contributed by atoms with E-state index >= 15 is 0 Å². The maximum Gasteiger partial charge on any atom is 0.0636 e. The first-order valence-corrected chi connectivity index (χ1v) is 17.5. The second-order valence-electron chi connectivity index (χ2n) is 12.1. The molecule has 0 fully saturated rings. The van der Waals surface area contributed by atoms with Gasteiger partial charge in [-0.05, 0) is 111 Å². The molecule has 0 unspecified atom stereocenters. The van der Waals surface area contributed by atoms with E-state index in [4.69, 9.17) is 9.98 Å². The van der Waals surface area contributed by atoms with Crippen molar-refractivity contribution in [2.24, 2.45) is 9.98 Å². The predicted octanol–water partition coefficient (Wildman–Crippen LogP) is 12.7. The van der Waals surface area contributed by atoms with Crippen molar-refractivity contribution < 1.29 is 20.4 Å². The minimum absolute atomic E-state index is 0. The standard InChI is InChI=1S/C39H62N2.Pd/c1-6-11-16-21-33-26-28-37(30-35(33)23-18-13-8-3)40-32-39(25-20-15-10-5)41-38-29-27-34(22-17-12-7-2)36(31-38)24-19-14-9-4;/h26-32H,6-25H2,1-5H3;/b40-32+,41-39+;. The van der Waals surface area contributed by atoms with Crippen LogP contribution in [0.3, 0.4) is 0 Å². The summed E-state index contributed by atoms with van der Waals surface area (Å²) in [6, 6.07) is 13.9. The summed E-state index contributed by atoms with van der Waals surface area (Å²) >= 11 is 0. The van der Waals surface area contributed by atoms with Gasteiger partial charge in [-0.2, -0.15) is 0 Å². The number of nitrogens with zero attached hydrogens (tertiary/aromatic N) is 2. The first-order valence-electron chi connectivity index (χ1n) is 17.5. The first-order chi connectivity index (χ1) is 20.1. The number of rotatable bonds is 23. The molecular weight excluding hydrogens is 603 g/mol. The van der Waals surface area contributed by atoms with Crippen LogP contribution in [0, 0.1) is 0 Å². The Morgan fingerprint density at radius 1 is 0.500 bits per heavy atom. The Kier molecular flexibility index (Phi) is 22.7. The van der Waals surface area contributed by atoms with Crippen LogP contribution in [0.5, 0.6) is 0 Å². The zero-order valence-electron chi connectivity index (χ0n) is 27.9. The molecule has 3 heteroatoms. The van der Waals surface area contributed by atoms with E-state index in [0.717, 1.165) is 23.5 Å². The average molecular weight is 665 g/mol. The molecule has 42 heavy (non-hydrogen) atoms. The largest absolute Gasteiger partial charge is 0.255 e. The van der Waals surface area contributed by atoms with Crippen LogP contribution in [0.15, 0.2) is 46.4 Å². The predicted molar refractivity (Wildman–Crippen MR) is 185 cm³/mol. The van der Waals surface area contributed by atoms with Gasteiger partial charge in [0.1, 0.15) is 0 Å². The third kappa shape index (κ3) is 15.8. The molecular formula is C39H62N2Pd. The van der Waals surface area contributed by atoms with Crippen LogP contribution in [0.2, 0.25) is 0 Å². The van der Waals surface area contributed by atoms with Crippen molar-refractivity contribution in [3.05, 3.63) is 58.7 Å². The van der Waals surface area contributed by atoms with Gasteiger partial charge >= 0.3 is 0 Å². The van der Waals surface area contributed by atoms with E-state index in [2.05, 4.69) is 77.2 Å². The van der Waals surface area contributed by atoms with E-state index in [0.29, 0.717) is 0 Å². The topological polar surface area (TPSA) is 24.7 Å². The van der Waals surface area contributed by atoms with Crippen LogP contribution < -0.4 is 0 Å². The van der Waals surface area contributed by atoms with Gasteiger partial charge in [-0.25, -0.2) is 0 Å². The molecule has 2 aromatic rings. The Hall–Kier alpha value is -1.56. The molecule has 0 aliphatic carbocycles. The SMILES string of the molecule is CCCCCC(/C=N/c1ccc(CCCCC)c(CCCCC)c1)=N\c1ccc(CCCCC)c(CCCCC)c1.[Pd]. The molecule has 0 bridgehead atoms. The molecule has 0 heterocycles. The zero-order chi connectivity index (χ0) is 29.5. The van der Waals surface area contributed by atoms with E-state index in [-0.39, 0.29) is 20.4 Å². The molecule has 238 valence electrons. The molecule has 0 aromatic heterocycles. The second-order valence-corrected chi connectivity index (χ2v) is 12.1. The van der Waals surface area contributed by atoms with Crippen LogP contribution in [-0.4, -0.2) is 11.9 Å². The van der Waals surface area contributed by atoms with Crippen LogP contribution in [0.4, 0.5) is 11.4 Å². The van der Waals surface area contributed by atoms with Crippen molar-refractivity contribution in [3.63, 3.8) is 0 Å². The fraction of sp³-hybridized carbons (Fsp3) is 0.641. The number of unbranched alkanes of at least 4 members (excludes halogenated alkanes) is 10. The summed E-state index contributed by atoms with van der Waals surface area (Å²) in [6.07, 6.45) is 26.8. The molecule has 2 nitrogen and oxygen atoms in total. The summed E-state index contributed by atoms with van der Waals surface area (Å²) in [5.41, 5.74) is 9.35. The van der Waals surface area contributed by atoms with E-state index in [1.54, 1.807) is 0 Å². The van der Waals surface area contributed by atoms with Crippen molar-refractivity contribution in [2.75, 3.05) is 0 Å². The van der Waals surface area contributed by atoms with Gasteiger partial charge in [0.15, 0.2) is 0 Å². The van der Waals surface area contributed by atoms with Gasteiger partial charge in [-0.1, -0.05) is 111 Å². The molecule has 0 spiro atoms. The van der Waals surface area contributed by atoms with E-state index in [9.17, 15) is 0 Å². The van der Waals surface area contributed by atoms with Gasteiger partial charge in [-0.3, -0.25) is 9.98 Å². The molecule has 0 atom stereocenters. The van der Waals surface area contributed by atoms with E-state index < -0.39 is 0 Å². The molecule has 0 radical (unpaired) electrons. The fourth-order valence-corrected chi connectivity index (χ4v) is 5.61. The van der Waals surface area contributed by atoms with Gasteiger partial charge in [0.05, 0.1) is 17.1 Å². The Labute approximate surface area is 274 Å². The summed E-state index contributed by atoms with van der Waals surface area (Å²) in [4.78, 5) is 10.2. The van der Waals surface area contributed by atoms with Crippen molar-refractivity contribution in [1.29, 1.82) is 0 Å².